The summed E-state index contributed by atoms with van der Waals surface area (Å²) >= 11 is 0. The lowest BCUT2D eigenvalue weighted by molar-refractivity contribution is 0.354. The summed E-state index contributed by atoms with van der Waals surface area (Å²) in [6, 6.07) is 6.34. The van der Waals surface area contributed by atoms with Gasteiger partial charge in [0.2, 0.25) is 5.95 Å². The summed E-state index contributed by atoms with van der Waals surface area (Å²) in [7, 11) is 0. The maximum absolute atomic E-state index is 4.85. The van der Waals surface area contributed by atoms with E-state index in [1.165, 1.54) is 17.5 Å². The van der Waals surface area contributed by atoms with Crippen LogP contribution < -0.4 is 10.2 Å². The van der Waals surface area contributed by atoms with Gasteiger partial charge in [0.1, 0.15) is 0 Å². The van der Waals surface area contributed by atoms with E-state index < -0.39 is 0 Å². The van der Waals surface area contributed by atoms with Crippen molar-refractivity contribution in [2.45, 2.75) is 34.1 Å². The number of benzene rings is 1. The Morgan fingerprint density at radius 3 is 2.48 bits per heavy atom. The van der Waals surface area contributed by atoms with Crippen molar-refractivity contribution in [1.82, 2.24) is 19.9 Å². The third kappa shape index (κ3) is 3.70. The summed E-state index contributed by atoms with van der Waals surface area (Å²) in [6.07, 6.45) is 4.61. The Kier molecular flexibility index (Phi) is 4.64. The SMILES string of the molecule is Cc1ccc(Nc2nc(N3CC(C)CC(C)C3)nc3nccnc23)c(C)c1. The average molecular weight is 362 g/mol. The second-order valence-electron chi connectivity index (χ2n) is 7.90. The Morgan fingerprint density at radius 2 is 1.74 bits per heavy atom. The van der Waals surface area contributed by atoms with E-state index in [-0.39, 0.29) is 0 Å². The molecule has 1 saturated heterocycles. The van der Waals surface area contributed by atoms with Gasteiger partial charge in [0.05, 0.1) is 0 Å². The zero-order valence-electron chi connectivity index (χ0n) is 16.4. The maximum atomic E-state index is 4.85. The van der Waals surface area contributed by atoms with Crippen molar-refractivity contribution >= 4 is 28.6 Å². The van der Waals surface area contributed by atoms with E-state index in [9.17, 15) is 0 Å². The number of hydrogen-bond acceptors (Lipinski definition) is 6. The number of hydrogen-bond donors (Lipinski definition) is 1. The first-order valence-electron chi connectivity index (χ1n) is 9.57. The van der Waals surface area contributed by atoms with Crippen molar-refractivity contribution in [2.75, 3.05) is 23.3 Å². The topological polar surface area (TPSA) is 66.8 Å². The van der Waals surface area contributed by atoms with Gasteiger partial charge in [-0.25, -0.2) is 9.97 Å². The largest absolute Gasteiger partial charge is 0.340 e. The molecule has 0 saturated carbocycles. The molecule has 0 spiro atoms. The number of nitrogens with zero attached hydrogens (tertiary/aromatic N) is 5. The van der Waals surface area contributed by atoms with Gasteiger partial charge in [-0.15, -0.1) is 0 Å². The summed E-state index contributed by atoms with van der Waals surface area (Å²) in [5.41, 5.74) is 4.76. The summed E-state index contributed by atoms with van der Waals surface area (Å²) in [5, 5.41) is 3.46. The van der Waals surface area contributed by atoms with Crippen LogP contribution in [0.25, 0.3) is 11.2 Å². The van der Waals surface area contributed by atoms with E-state index in [0.717, 1.165) is 24.7 Å². The van der Waals surface area contributed by atoms with E-state index >= 15 is 0 Å². The number of rotatable bonds is 3. The van der Waals surface area contributed by atoms with Crippen LogP contribution >= 0.6 is 0 Å². The summed E-state index contributed by atoms with van der Waals surface area (Å²) < 4.78 is 0. The first-order chi connectivity index (χ1) is 13.0. The monoisotopic (exact) mass is 362 g/mol. The first kappa shape index (κ1) is 17.6. The number of aryl methyl sites for hydroxylation is 2. The van der Waals surface area contributed by atoms with Crippen molar-refractivity contribution in [1.29, 1.82) is 0 Å². The van der Waals surface area contributed by atoms with Crippen LogP contribution in [0.1, 0.15) is 31.4 Å². The van der Waals surface area contributed by atoms with Crippen molar-refractivity contribution in [3.8, 4) is 0 Å². The highest BCUT2D eigenvalue weighted by Gasteiger charge is 2.25. The minimum Gasteiger partial charge on any atom is -0.340 e. The second kappa shape index (κ2) is 7.10. The molecule has 140 valence electrons. The van der Waals surface area contributed by atoms with E-state index in [1.807, 2.05) is 0 Å². The number of nitrogens with one attached hydrogen (secondary N) is 1. The molecular weight excluding hydrogens is 336 g/mol. The van der Waals surface area contributed by atoms with Crippen molar-refractivity contribution in [3.05, 3.63) is 41.7 Å². The predicted molar refractivity (Wildman–Crippen MR) is 109 cm³/mol. The molecule has 1 fully saturated rings. The highest BCUT2D eigenvalue weighted by Crippen LogP contribution is 2.29. The van der Waals surface area contributed by atoms with Gasteiger partial charge < -0.3 is 10.2 Å². The van der Waals surface area contributed by atoms with Gasteiger partial charge in [-0.2, -0.15) is 9.97 Å². The predicted octanol–water partition coefficient (Wildman–Crippen LogP) is 4.26. The molecule has 0 aliphatic carbocycles. The Balaban J connectivity index is 1.76. The maximum Gasteiger partial charge on any atom is 0.229 e. The first-order valence-corrected chi connectivity index (χ1v) is 9.57. The Hall–Kier alpha value is -2.76. The lowest BCUT2D eigenvalue weighted by Gasteiger charge is -2.35. The van der Waals surface area contributed by atoms with Crippen molar-refractivity contribution in [2.24, 2.45) is 11.8 Å². The van der Waals surface area contributed by atoms with Gasteiger partial charge in [-0.1, -0.05) is 31.5 Å². The molecule has 4 rings (SSSR count). The van der Waals surface area contributed by atoms with Crippen LogP contribution in [0.5, 0.6) is 0 Å². The third-order valence-electron chi connectivity index (χ3n) is 5.11. The fourth-order valence-electron chi connectivity index (χ4n) is 3.99. The van der Waals surface area contributed by atoms with Crippen LogP contribution in [-0.2, 0) is 0 Å². The van der Waals surface area contributed by atoms with Gasteiger partial charge in [-0.05, 0) is 43.7 Å². The van der Waals surface area contributed by atoms with E-state index in [0.29, 0.717) is 28.8 Å². The van der Waals surface area contributed by atoms with E-state index in [2.05, 4.69) is 66.1 Å². The van der Waals surface area contributed by atoms with Gasteiger partial charge >= 0.3 is 0 Å². The van der Waals surface area contributed by atoms with Crippen molar-refractivity contribution in [3.63, 3.8) is 0 Å². The molecule has 3 heterocycles. The molecule has 0 amide bonds. The number of fused-ring (bicyclic) bond motifs is 1. The van der Waals surface area contributed by atoms with Crippen LogP contribution in [-0.4, -0.2) is 33.0 Å². The minimum absolute atomic E-state index is 0.626. The molecule has 2 atom stereocenters. The second-order valence-corrected chi connectivity index (χ2v) is 7.90. The smallest absolute Gasteiger partial charge is 0.229 e. The Labute approximate surface area is 160 Å². The Bertz CT molecular complexity index is 960. The van der Waals surface area contributed by atoms with Gasteiger partial charge in [0.25, 0.3) is 0 Å². The molecule has 6 heteroatoms. The van der Waals surface area contributed by atoms with E-state index in [4.69, 9.17) is 9.97 Å². The lowest BCUT2D eigenvalue weighted by atomic mass is 9.92. The molecular formula is C21H26N6. The zero-order chi connectivity index (χ0) is 19.0. The molecule has 1 aliphatic rings. The van der Waals surface area contributed by atoms with Gasteiger partial charge in [0.15, 0.2) is 17.0 Å². The lowest BCUT2D eigenvalue weighted by Crippen LogP contribution is -2.39. The molecule has 1 N–H and O–H groups in total. The molecule has 2 unspecified atom stereocenters. The van der Waals surface area contributed by atoms with Gasteiger partial charge in [-0.3, -0.25) is 0 Å². The fraction of sp³-hybridized carbons (Fsp3) is 0.429. The van der Waals surface area contributed by atoms with E-state index in [1.54, 1.807) is 12.4 Å². The molecule has 0 radical (unpaired) electrons. The molecule has 3 aromatic rings. The van der Waals surface area contributed by atoms with Gasteiger partial charge in [0, 0.05) is 31.2 Å². The molecule has 27 heavy (non-hydrogen) atoms. The van der Waals surface area contributed by atoms with Crippen molar-refractivity contribution < 1.29 is 0 Å². The highest BCUT2D eigenvalue weighted by molar-refractivity contribution is 5.86. The molecule has 2 aromatic heterocycles. The highest BCUT2D eigenvalue weighted by atomic mass is 15.3. The van der Waals surface area contributed by atoms with Crippen LogP contribution in [0, 0.1) is 25.7 Å². The van der Waals surface area contributed by atoms with Crippen LogP contribution in [0.15, 0.2) is 30.6 Å². The normalized spacial score (nSPS) is 20.1. The standard InChI is InChI=1S/C21H26N6/c1-13-5-6-17(16(4)10-13)24-20-18-19(23-8-7-22-18)25-21(26-20)27-11-14(2)9-15(3)12-27/h5-8,10,14-15H,9,11-12H2,1-4H3,(H,23,24,25,26). The molecule has 0 bridgehead atoms. The quantitative estimate of drug-likeness (QED) is 0.751. The average Bonchev–Trinajstić information content (AvgIpc) is 2.63. The third-order valence-corrected chi connectivity index (χ3v) is 5.11. The van der Waals surface area contributed by atoms with Crippen LogP contribution in [0.4, 0.5) is 17.5 Å². The molecule has 1 aliphatic heterocycles. The summed E-state index contributed by atoms with van der Waals surface area (Å²) in [6.45, 7) is 10.7. The Morgan fingerprint density at radius 1 is 1.00 bits per heavy atom. The zero-order valence-corrected chi connectivity index (χ0v) is 16.4. The number of aromatic nitrogens is 4. The fourth-order valence-corrected chi connectivity index (χ4v) is 3.99. The summed E-state index contributed by atoms with van der Waals surface area (Å²) in [5.74, 6) is 2.70. The minimum atomic E-state index is 0.626. The van der Waals surface area contributed by atoms with Crippen LogP contribution in [0.2, 0.25) is 0 Å². The molecule has 1 aromatic carbocycles. The molecule has 6 nitrogen and oxygen atoms in total. The number of piperidine rings is 1. The van der Waals surface area contributed by atoms with Crippen LogP contribution in [0.3, 0.4) is 0 Å². The summed E-state index contributed by atoms with van der Waals surface area (Å²) in [4.78, 5) is 20.7. The number of anilines is 3.